The van der Waals surface area contributed by atoms with Crippen LogP contribution in [0.1, 0.15) is 6.42 Å². The first-order chi connectivity index (χ1) is 10.5. The number of nitrogens with zero attached hydrogens (tertiary/aromatic N) is 2. The first-order valence-electron chi connectivity index (χ1n) is 6.33. The number of nitro groups is 1. The van der Waals surface area contributed by atoms with E-state index in [0.29, 0.717) is 11.6 Å². The van der Waals surface area contributed by atoms with Gasteiger partial charge in [0.05, 0.1) is 18.0 Å². The molecule has 1 heterocycles. The van der Waals surface area contributed by atoms with Gasteiger partial charge >= 0.3 is 0 Å². The molecule has 22 heavy (non-hydrogen) atoms. The lowest BCUT2D eigenvalue weighted by Gasteiger charge is -2.06. The number of hydrogen-bond donors (Lipinski definition) is 1. The van der Waals surface area contributed by atoms with Gasteiger partial charge in [-0.25, -0.2) is 4.98 Å². The van der Waals surface area contributed by atoms with Crippen LogP contribution in [0.5, 0.6) is 5.75 Å². The van der Waals surface area contributed by atoms with Crippen LogP contribution in [0.25, 0.3) is 0 Å². The first-order valence-corrected chi connectivity index (χ1v) is 7.12. The summed E-state index contributed by atoms with van der Waals surface area (Å²) in [4.78, 5) is 25.8. The Kier molecular flexibility index (Phi) is 5.42. The molecule has 114 valence electrons. The fourth-order valence-electron chi connectivity index (χ4n) is 1.58. The standard InChI is InChI=1S/C14H12BrN3O4/c15-10-1-6-13(16-9-10)17-14(19)7-8-22-12-4-2-11(3-5-12)18(20)21/h1-6,9H,7-8H2,(H,16,17,19). The van der Waals surface area contributed by atoms with Gasteiger partial charge < -0.3 is 10.1 Å². The van der Waals surface area contributed by atoms with Gasteiger partial charge in [0.25, 0.3) is 5.69 Å². The van der Waals surface area contributed by atoms with Crippen molar-refractivity contribution in [2.24, 2.45) is 0 Å². The highest BCUT2D eigenvalue weighted by atomic mass is 79.9. The maximum absolute atomic E-state index is 11.7. The molecule has 7 nitrogen and oxygen atoms in total. The van der Waals surface area contributed by atoms with Gasteiger partial charge in [0, 0.05) is 22.8 Å². The second-order valence-corrected chi connectivity index (χ2v) is 5.17. The zero-order chi connectivity index (χ0) is 15.9. The number of ether oxygens (including phenoxy) is 1. The predicted molar refractivity (Wildman–Crippen MR) is 83.8 cm³/mol. The van der Waals surface area contributed by atoms with E-state index in [-0.39, 0.29) is 24.6 Å². The minimum absolute atomic E-state index is 0.00796. The number of rotatable bonds is 6. The molecule has 0 aliphatic rings. The lowest BCUT2D eigenvalue weighted by molar-refractivity contribution is -0.384. The summed E-state index contributed by atoms with van der Waals surface area (Å²) >= 11 is 3.26. The summed E-state index contributed by atoms with van der Waals surface area (Å²) in [5.74, 6) is 0.709. The van der Waals surface area contributed by atoms with Gasteiger partial charge in [-0.1, -0.05) is 0 Å². The number of hydrogen-bond acceptors (Lipinski definition) is 5. The van der Waals surface area contributed by atoms with Crippen LogP contribution in [-0.4, -0.2) is 22.4 Å². The SMILES string of the molecule is O=C(CCOc1ccc([N+](=O)[O-])cc1)Nc1ccc(Br)cn1. The molecule has 1 aromatic carbocycles. The quantitative estimate of drug-likeness (QED) is 0.626. The number of carbonyl (C=O) groups is 1. The van der Waals surface area contributed by atoms with Crippen molar-refractivity contribution in [1.82, 2.24) is 4.98 Å². The number of nitrogens with one attached hydrogen (secondary N) is 1. The van der Waals surface area contributed by atoms with Crippen molar-refractivity contribution in [1.29, 1.82) is 0 Å². The van der Waals surface area contributed by atoms with Crippen molar-refractivity contribution < 1.29 is 14.5 Å². The van der Waals surface area contributed by atoms with Gasteiger partial charge in [-0.05, 0) is 40.2 Å². The topological polar surface area (TPSA) is 94.4 Å². The molecule has 0 bridgehead atoms. The van der Waals surface area contributed by atoms with E-state index in [1.807, 2.05) is 0 Å². The summed E-state index contributed by atoms with van der Waals surface area (Å²) in [6.45, 7) is 0.167. The molecule has 1 aromatic heterocycles. The van der Waals surface area contributed by atoms with Gasteiger partial charge in [-0.3, -0.25) is 14.9 Å². The Morgan fingerprint density at radius 2 is 2.00 bits per heavy atom. The first kappa shape index (κ1) is 15.9. The van der Waals surface area contributed by atoms with Crippen molar-refractivity contribution in [3.05, 3.63) is 57.2 Å². The number of benzene rings is 1. The maximum atomic E-state index is 11.7. The van der Waals surface area contributed by atoms with E-state index in [0.717, 1.165) is 4.47 Å². The Morgan fingerprint density at radius 1 is 1.27 bits per heavy atom. The van der Waals surface area contributed by atoms with Crippen LogP contribution in [0.4, 0.5) is 11.5 Å². The van der Waals surface area contributed by atoms with E-state index in [1.54, 1.807) is 18.3 Å². The smallest absolute Gasteiger partial charge is 0.269 e. The Bertz CT molecular complexity index is 659. The molecular formula is C14H12BrN3O4. The van der Waals surface area contributed by atoms with Gasteiger partial charge in [0.15, 0.2) is 0 Å². The number of nitro benzene ring substituents is 1. The fourth-order valence-corrected chi connectivity index (χ4v) is 1.82. The summed E-state index contributed by atoms with van der Waals surface area (Å²) < 4.78 is 6.18. The van der Waals surface area contributed by atoms with Gasteiger partial charge in [-0.2, -0.15) is 0 Å². The molecule has 0 spiro atoms. The summed E-state index contributed by atoms with van der Waals surface area (Å²) in [6.07, 6.45) is 1.73. The average molecular weight is 366 g/mol. The van der Waals surface area contributed by atoms with Crippen LogP contribution in [-0.2, 0) is 4.79 Å². The normalized spacial score (nSPS) is 10.0. The van der Waals surface area contributed by atoms with E-state index in [2.05, 4.69) is 26.2 Å². The van der Waals surface area contributed by atoms with E-state index in [9.17, 15) is 14.9 Å². The van der Waals surface area contributed by atoms with Gasteiger partial charge in [0.2, 0.25) is 5.91 Å². The molecule has 0 aliphatic carbocycles. The zero-order valence-electron chi connectivity index (χ0n) is 11.4. The molecule has 2 aromatic rings. The number of amides is 1. The van der Waals surface area contributed by atoms with Crippen LogP contribution in [0, 0.1) is 10.1 Å². The maximum Gasteiger partial charge on any atom is 0.269 e. The summed E-state index contributed by atoms with van der Waals surface area (Å²) in [5.41, 5.74) is -0.00796. The lowest BCUT2D eigenvalue weighted by atomic mass is 10.3. The van der Waals surface area contributed by atoms with Crippen LogP contribution >= 0.6 is 15.9 Å². The van der Waals surface area contributed by atoms with Gasteiger partial charge in [-0.15, -0.1) is 0 Å². The minimum Gasteiger partial charge on any atom is -0.493 e. The molecule has 0 atom stereocenters. The number of aromatic nitrogens is 1. The fraction of sp³-hybridized carbons (Fsp3) is 0.143. The van der Waals surface area contributed by atoms with Crippen molar-refractivity contribution >= 4 is 33.3 Å². The molecule has 0 fully saturated rings. The third-order valence-corrected chi connectivity index (χ3v) is 3.11. The summed E-state index contributed by atoms with van der Waals surface area (Å²) in [5, 5.41) is 13.2. The molecule has 1 amide bonds. The number of non-ortho nitro benzene ring substituents is 1. The summed E-state index contributed by atoms with van der Waals surface area (Å²) in [6, 6.07) is 9.14. The van der Waals surface area contributed by atoms with Crippen LogP contribution in [0.2, 0.25) is 0 Å². The third kappa shape index (κ3) is 4.81. The Labute approximate surface area is 134 Å². The number of halogens is 1. The van der Waals surface area contributed by atoms with Crippen molar-refractivity contribution in [2.75, 3.05) is 11.9 Å². The minimum atomic E-state index is -0.484. The molecule has 0 aliphatic heterocycles. The monoisotopic (exact) mass is 365 g/mol. The number of carbonyl (C=O) groups excluding carboxylic acids is 1. The Balaban J connectivity index is 1.77. The van der Waals surface area contributed by atoms with Crippen molar-refractivity contribution in [2.45, 2.75) is 6.42 Å². The molecule has 8 heteroatoms. The highest BCUT2D eigenvalue weighted by Gasteiger charge is 2.06. The third-order valence-electron chi connectivity index (χ3n) is 2.64. The van der Waals surface area contributed by atoms with E-state index in [4.69, 9.17) is 4.74 Å². The largest absolute Gasteiger partial charge is 0.493 e. The van der Waals surface area contributed by atoms with Crippen LogP contribution in [0.3, 0.4) is 0 Å². The Hall–Kier alpha value is -2.48. The number of anilines is 1. The van der Waals surface area contributed by atoms with Crippen LogP contribution in [0.15, 0.2) is 47.1 Å². The highest BCUT2D eigenvalue weighted by molar-refractivity contribution is 9.10. The van der Waals surface area contributed by atoms with Gasteiger partial charge in [0.1, 0.15) is 11.6 Å². The van der Waals surface area contributed by atoms with Crippen LogP contribution < -0.4 is 10.1 Å². The van der Waals surface area contributed by atoms with E-state index >= 15 is 0 Å². The van der Waals surface area contributed by atoms with Crippen molar-refractivity contribution in [3.63, 3.8) is 0 Å². The molecule has 0 unspecified atom stereocenters. The highest BCUT2D eigenvalue weighted by Crippen LogP contribution is 2.17. The average Bonchev–Trinajstić information content (AvgIpc) is 2.50. The van der Waals surface area contributed by atoms with E-state index < -0.39 is 4.92 Å². The molecule has 0 radical (unpaired) electrons. The molecular weight excluding hydrogens is 354 g/mol. The second-order valence-electron chi connectivity index (χ2n) is 4.26. The molecule has 0 saturated heterocycles. The van der Waals surface area contributed by atoms with Crippen molar-refractivity contribution in [3.8, 4) is 5.75 Å². The number of pyridine rings is 1. The predicted octanol–water partition coefficient (Wildman–Crippen LogP) is 3.16. The summed E-state index contributed by atoms with van der Waals surface area (Å²) in [7, 11) is 0. The Morgan fingerprint density at radius 3 is 2.59 bits per heavy atom. The molecule has 2 rings (SSSR count). The lowest BCUT2D eigenvalue weighted by Crippen LogP contribution is -2.15. The zero-order valence-corrected chi connectivity index (χ0v) is 12.9. The van der Waals surface area contributed by atoms with E-state index in [1.165, 1.54) is 24.3 Å². The second kappa shape index (κ2) is 7.51. The molecule has 0 saturated carbocycles. The molecule has 1 N–H and O–H groups in total.